The van der Waals surface area contributed by atoms with Crippen molar-refractivity contribution in [1.29, 1.82) is 0 Å². The van der Waals surface area contributed by atoms with Crippen molar-refractivity contribution in [3.63, 3.8) is 0 Å². The summed E-state index contributed by atoms with van der Waals surface area (Å²) in [5.41, 5.74) is 12.3. The van der Waals surface area contributed by atoms with Crippen molar-refractivity contribution < 1.29 is 4.42 Å². The van der Waals surface area contributed by atoms with E-state index in [9.17, 15) is 0 Å². The summed E-state index contributed by atoms with van der Waals surface area (Å²) in [4.78, 5) is 10.9. The van der Waals surface area contributed by atoms with Crippen LogP contribution in [0.5, 0.6) is 0 Å². The summed E-state index contributed by atoms with van der Waals surface area (Å²) in [5, 5.41) is 7.77. The van der Waals surface area contributed by atoms with Crippen molar-refractivity contribution in [2.45, 2.75) is 0 Å². The van der Waals surface area contributed by atoms with Gasteiger partial charge in [0.25, 0.3) is 0 Å². The van der Waals surface area contributed by atoms with Crippen LogP contribution in [0, 0.1) is 0 Å². The van der Waals surface area contributed by atoms with Gasteiger partial charge in [-0.1, -0.05) is 140 Å². The van der Waals surface area contributed by atoms with Crippen molar-refractivity contribution in [2.24, 2.45) is 0 Å². The molecule has 12 rings (SSSR count). The minimum Gasteiger partial charge on any atom is -0.456 e. The molecule has 0 aliphatic carbocycles. The Hall–Kier alpha value is -7.50. The van der Waals surface area contributed by atoms with Gasteiger partial charge in [0.1, 0.15) is 11.2 Å². The maximum atomic E-state index is 6.50. The summed E-state index contributed by atoms with van der Waals surface area (Å²) >= 11 is 0. The molecule has 5 nitrogen and oxygen atoms in total. The summed E-state index contributed by atoms with van der Waals surface area (Å²) in [7, 11) is 0. The molecule has 0 spiro atoms. The van der Waals surface area contributed by atoms with Gasteiger partial charge in [-0.3, -0.25) is 4.57 Å². The van der Waals surface area contributed by atoms with Gasteiger partial charge >= 0.3 is 0 Å². The molecule has 0 N–H and O–H groups in total. The fourth-order valence-corrected chi connectivity index (χ4v) is 8.76. The van der Waals surface area contributed by atoms with Crippen LogP contribution < -0.4 is 0 Å². The van der Waals surface area contributed by atoms with E-state index in [1.54, 1.807) is 0 Å². The fourth-order valence-electron chi connectivity index (χ4n) is 8.76. The molecule has 0 aliphatic heterocycles. The Morgan fingerprint density at radius 3 is 1.91 bits per heavy atom. The van der Waals surface area contributed by atoms with Crippen molar-refractivity contribution >= 4 is 76.5 Å². The van der Waals surface area contributed by atoms with Crippen LogP contribution in [0.2, 0.25) is 0 Å². The van der Waals surface area contributed by atoms with Crippen molar-refractivity contribution in [3.8, 4) is 34.0 Å². The molecule has 5 heteroatoms. The molecule has 8 aromatic carbocycles. The van der Waals surface area contributed by atoms with Gasteiger partial charge in [0.15, 0.2) is 0 Å². The highest BCUT2D eigenvalue weighted by Gasteiger charge is 2.25. The van der Waals surface area contributed by atoms with E-state index >= 15 is 0 Å². The lowest BCUT2D eigenvalue weighted by molar-refractivity contribution is 0.669. The minimum atomic E-state index is 0.618. The van der Waals surface area contributed by atoms with E-state index in [2.05, 4.69) is 179 Å². The highest BCUT2D eigenvalue weighted by Crippen LogP contribution is 2.46. The highest BCUT2D eigenvalue weighted by molar-refractivity contribution is 6.31. The number of benzene rings is 8. The number of para-hydroxylation sites is 3. The molecule has 0 saturated heterocycles. The topological polar surface area (TPSA) is 48.8 Å². The summed E-state index contributed by atoms with van der Waals surface area (Å²) in [6.45, 7) is 0. The SMILES string of the molecule is c1ccc(-c2cccc(-n3c4ccccc4c4ccc5c6c7c(ccc6n(-c6nc(-c8ccccc8)c8ccccc8n6)c5c43)oc3ccccc37)c2)cc1. The van der Waals surface area contributed by atoms with Crippen LogP contribution >= 0.6 is 0 Å². The average molecular weight is 703 g/mol. The van der Waals surface area contributed by atoms with Crippen molar-refractivity contribution in [2.75, 3.05) is 0 Å². The van der Waals surface area contributed by atoms with Gasteiger partial charge < -0.3 is 8.98 Å². The van der Waals surface area contributed by atoms with E-state index in [1.165, 1.54) is 10.9 Å². The molecular formula is C50H30N4O. The van der Waals surface area contributed by atoms with Crippen LogP contribution in [0.25, 0.3) is 110 Å². The van der Waals surface area contributed by atoms with E-state index in [4.69, 9.17) is 14.4 Å². The van der Waals surface area contributed by atoms with Gasteiger partial charge in [-0.05, 0) is 53.6 Å². The first-order valence-electron chi connectivity index (χ1n) is 18.6. The van der Waals surface area contributed by atoms with Gasteiger partial charge in [0.05, 0.1) is 33.3 Å². The monoisotopic (exact) mass is 702 g/mol. The van der Waals surface area contributed by atoms with Crippen LogP contribution in [0.3, 0.4) is 0 Å². The normalized spacial score (nSPS) is 12.0. The molecule has 0 bridgehead atoms. The number of aromatic nitrogens is 4. The average Bonchev–Trinajstić information content (AvgIpc) is 3.91. The molecule has 0 radical (unpaired) electrons. The molecule has 4 heterocycles. The highest BCUT2D eigenvalue weighted by atomic mass is 16.3. The third-order valence-corrected chi connectivity index (χ3v) is 11.1. The second kappa shape index (κ2) is 11.5. The first-order valence-corrected chi connectivity index (χ1v) is 18.6. The Morgan fingerprint density at radius 1 is 0.382 bits per heavy atom. The minimum absolute atomic E-state index is 0.618. The molecular weight excluding hydrogens is 673 g/mol. The largest absolute Gasteiger partial charge is 0.456 e. The zero-order chi connectivity index (χ0) is 36.0. The molecule has 4 aromatic heterocycles. The van der Waals surface area contributed by atoms with Crippen molar-refractivity contribution in [3.05, 3.63) is 182 Å². The standard InChI is InChI=1S/C50H30N4O/c1-3-14-31(15-4-1)33-18-13-19-34(30-33)53-41-24-11-8-20-35(41)36-26-27-39-45-42(28-29-44-46(45)38-22-9-12-25-43(38)55-44)54(49(39)48(36)53)50-51-40-23-10-7-21-37(40)47(52-50)32-16-5-2-6-17-32/h1-30H. The van der Waals surface area contributed by atoms with Crippen LogP contribution in [0.15, 0.2) is 186 Å². The molecule has 0 amide bonds. The van der Waals surface area contributed by atoms with E-state index < -0.39 is 0 Å². The van der Waals surface area contributed by atoms with Crippen LogP contribution in [-0.2, 0) is 0 Å². The molecule has 256 valence electrons. The molecule has 12 aromatic rings. The second-order valence-electron chi connectivity index (χ2n) is 14.1. The van der Waals surface area contributed by atoms with E-state index in [1.807, 2.05) is 12.1 Å². The maximum Gasteiger partial charge on any atom is 0.235 e. The lowest BCUT2D eigenvalue weighted by Crippen LogP contribution is -2.04. The van der Waals surface area contributed by atoms with E-state index in [0.717, 1.165) is 93.6 Å². The summed E-state index contributed by atoms with van der Waals surface area (Å²) in [5.74, 6) is 0.618. The fraction of sp³-hybridized carbons (Fsp3) is 0. The summed E-state index contributed by atoms with van der Waals surface area (Å²) in [6, 6.07) is 64.1. The molecule has 0 atom stereocenters. The molecule has 55 heavy (non-hydrogen) atoms. The summed E-state index contributed by atoms with van der Waals surface area (Å²) < 4.78 is 11.2. The Labute approximate surface area is 315 Å². The number of hydrogen-bond donors (Lipinski definition) is 0. The number of fused-ring (bicyclic) bond motifs is 12. The van der Waals surface area contributed by atoms with Gasteiger partial charge in [0.2, 0.25) is 5.95 Å². The Kier molecular flexibility index (Phi) is 6.27. The maximum absolute atomic E-state index is 6.50. The Morgan fingerprint density at radius 2 is 1.05 bits per heavy atom. The van der Waals surface area contributed by atoms with Crippen LogP contribution in [-0.4, -0.2) is 19.1 Å². The predicted molar refractivity (Wildman–Crippen MR) is 226 cm³/mol. The molecule has 0 aliphatic rings. The van der Waals surface area contributed by atoms with Crippen LogP contribution in [0.1, 0.15) is 0 Å². The van der Waals surface area contributed by atoms with Gasteiger partial charge in [0, 0.05) is 49.0 Å². The second-order valence-corrected chi connectivity index (χ2v) is 14.1. The Balaban J connectivity index is 1.30. The summed E-state index contributed by atoms with van der Waals surface area (Å²) in [6.07, 6.45) is 0. The lowest BCUT2D eigenvalue weighted by Gasteiger charge is -2.14. The smallest absolute Gasteiger partial charge is 0.235 e. The first kappa shape index (κ1) is 30.0. The molecule has 0 unspecified atom stereocenters. The third kappa shape index (κ3) is 4.35. The number of rotatable bonds is 4. The van der Waals surface area contributed by atoms with Crippen LogP contribution in [0.4, 0.5) is 0 Å². The van der Waals surface area contributed by atoms with Crippen molar-refractivity contribution in [1.82, 2.24) is 19.1 Å². The van der Waals surface area contributed by atoms with Gasteiger partial charge in [-0.15, -0.1) is 0 Å². The van der Waals surface area contributed by atoms with Gasteiger partial charge in [-0.2, -0.15) is 0 Å². The van der Waals surface area contributed by atoms with E-state index in [0.29, 0.717) is 5.95 Å². The Bertz CT molecular complexity index is 3480. The number of nitrogens with zero attached hydrogens (tertiary/aromatic N) is 4. The lowest BCUT2D eigenvalue weighted by atomic mass is 10.0. The van der Waals surface area contributed by atoms with E-state index in [-0.39, 0.29) is 0 Å². The predicted octanol–water partition coefficient (Wildman–Crippen LogP) is 13.1. The number of hydrogen-bond acceptors (Lipinski definition) is 3. The zero-order valence-corrected chi connectivity index (χ0v) is 29.5. The quantitative estimate of drug-likeness (QED) is 0.183. The molecule has 0 saturated carbocycles. The third-order valence-electron chi connectivity index (χ3n) is 11.1. The number of furan rings is 1. The molecule has 0 fully saturated rings. The first-order chi connectivity index (χ1) is 27.3. The zero-order valence-electron chi connectivity index (χ0n) is 29.5. The van der Waals surface area contributed by atoms with Gasteiger partial charge in [-0.25, -0.2) is 9.97 Å².